The zero-order chi connectivity index (χ0) is 18.0. The van der Waals surface area contributed by atoms with Gasteiger partial charge in [-0.3, -0.25) is 4.79 Å². The minimum Gasteiger partial charge on any atom is -0.325 e. The maximum atomic E-state index is 12.5. The van der Waals surface area contributed by atoms with Crippen LogP contribution >= 0.6 is 11.8 Å². The Balaban J connectivity index is 1.71. The molecule has 1 aliphatic carbocycles. The van der Waals surface area contributed by atoms with Crippen LogP contribution in [0.5, 0.6) is 0 Å². The van der Waals surface area contributed by atoms with E-state index >= 15 is 0 Å². The van der Waals surface area contributed by atoms with E-state index < -0.39 is 0 Å². The Bertz CT molecular complexity index is 725. The van der Waals surface area contributed by atoms with Gasteiger partial charge in [-0.25, -0.2) is 4.68 Å². The number of para-hydroxylation sites is 1. The van der Waals surface area contributed by atoms with E-state index in [9.17, 15) is 4.79 Å². The molecule has 1 saturated carbocycles. The molecule has 134 valence electrons. The molecule has 0 bridgehead atoms. The van der Waals surface area contributed by atoms with Crippen molar-refractivity contribution in [2.75, 3.05) is 11.1 Å². The molecule has 0 atom stereocenters. The summed E-state index contributed by atoms with van der Waals surface area (Å²) in [4.78, 5) is 12.5. The van der Waals surface area contributed by atoms with Gasteiger partial charge in [-0.15, -0.1) is 5.10 Å². The summed E-state index contributed by atoms with van der Waals surface area (Å²) >= 11 is 1.39. The van der Waals surface area contributed by atoms with Gasteiger partial charge in [0.25, 0.3) is 0 Å². The molecule has 1 aromatic heterocycles. The van der Waals surface area contributed by atoms with Crippen LogP contribution in [0.3, 0.4) is 0 Å². The van der Waals surface area contributed by atoms with Gasteiger partial charge >= 0.3 is 0 Å². The van der Waals surface area contributed by atoms with Gasteiger partial charge in [0.15, 0.2) is 0 Å². The monoisotopic (exact) mass is 359 g/mol. The molecule has 2 aromatic rings. The molecule has 1 heterocycles. The molecule has 7 heteroatoms. The highest BCUT2D eigenvalue weighted by molar-refractivity contribution is 7.99. The zero-order valence-electron chi connectivity index (χ0n) is 15.2. The first-order valence-corrected chi connectivity index (χ1v) is 9.79. The minimum absolute atomic E-state index is 0.0228. The molecule has 0 unspecified atom stereocenters. The van der Waals surface area contributed by atoms with Crippen LogP contribution in [-0.4, -0.2) is 31.9 Å². The smallest absolute Gasteiger partial charge is 0.234 e. The molecular weight excluding hydrogens is 334 g/mol. The number of rotatable bonds is 7. The third-order valence-electron chi connectivity index (χ3n) is 4.33. The van der Waals surface area contributed by atoms with E-state index in [4.69, 9.17) is 0 Å². The second-order valence-corrected chi connectivity index (χ2v) is 8.04. The van der Waals surface area contributed by atoms with Crippen molar-refractivity contribution in [3.63, 3.8) is 0 Å². The van der Waals surface area contributed by atoms with Crippen LogP contribution in [-0.2, 0) is 4.79 Å². The summed E-state index contributed by atoms with van der Waals surface area (Å²) in [7, 11) is 0. The molecule has 0 spiro atoms. The summed E-state index contributed by atoms with van der Waals surface area (Å²) in [5.74, 6) is 0.981. The van der Waals surface area contributed by atoms with Crippen molar-refractivity contribution in [2.24, 2.45) is 0 Å². The normalized spacial score (nSPS) is 14.3. The number of benzene rings is 1. The number of thioether (sulfide) groups is 1. The van der Waals surface area contributed by atoms with Crippen molar-refractivity contribution in [1.29, 1.82) is 0 Å². The lowest BCUT2D eigenvalue weighted by Gasteiger charge is -2.20. The maximum Gasteiger partial charge on any atom is 0.234 e. The van der Waals surface area contributed by atoms with Gasteiger partial charge in [0.1, 0.15) is 0 Å². The van der Waals surface area contributed by atoms with Gasteiger partial charge in [0.05, 0.1) is 11.8 Å². The van der Waals surface area contributed by atoms with E-state index in [1.807, 2.05) is 4.68 Å². The summed E-state index contributed by atoms with van der Waals surface area (Å²) in [5.41, 5.74) is 3.31. The molecule has 1 fully saturated rings. The molecule has 25 heavy (non-hydrogen) atoms. The number of aromatic nitrogens is 4. The van der Waals surface area contributed by atoms with Crippen molar-refractivity contribution < 1.29 is 4.79 Å². The van der Waals surface area contributed by atoms with Crippen molar-refractivity contribution in [3.05, 3.63) is 29.3 Å². The predicted molar refractivity (Wildman–Crippen MR) is 100 cm³/mol. The van der Waals surface area contributed by atoms with Crippen LogP contribution in [0.2, 0.25) is 0 Å². The molecule has 1 aliphatic rings. The minimum atomic E-state index is -0.0228. The van der Waals surface area contributed by atoms with E-state index in [1.54, 1.807) is 0 Å². The van der Waals surface area contributed by atoms with Gasteiger partial charge in [0.2, 0.25) is 11.1 Å². The highest BCUT2D eigenvalue weighted by Gasteiger charge is 2.28. The lowest BCUT2D eigenvalue weighted by Crippen LogP contribution is -2.18. The van der Waals surface area contributed by atoms with Crippen molar-refractivity contribution >= 4 is 23.4 Å². The highest BCUT2D eigenvalue weighted by atomic mass is 32.2. The molecular formula is C18H25N5OS. The maximum absolute atomic E-state index is 12.5. The largest absolute Gasteiger partial charge is 0.325 e. The van der Waals surface area contributed by atoms with Crippen LogP contribution in [0, 0.1) is 0 Å². The number of nitrogens with one attached hydrogen (secondary N) is 1. The third-order valence-corrected chi connectivity index (χ3v) is 5.26. The van der Waals surface area contributed by atoms with Crippen molar-refractivity contribution in [2.45, 2.75) is 63.6 Å². The number of hydrogen-bond donors (Lipinski definition) is 1. The molecule has 0 aliphatic heterocycles. The van der Waals surface area contributed by atoms with Gasteiger partial charge in [-0.05, 0) is 46.2 Å². The summed E-state index contributed by atoms with van der Waals surface area (Å²) in [5, 5.41) is 15.6. The number of nitrogens with zero attached hydrogens (tertiary/aromatic N) is 4. The van der Waals surface area contributed by atoms with Crippen molar-refractivity contribution in [3.8, 4) is 0 Å². The Kier molecular flexibility index (Phi) is 5.42. The van der Waals surface area contributed by atoms with Gasteiger partial charge in [0, 0.05) is 5.69 Å². The van der Waals surface area contributed by atoms with E-state index in [-0.39, 0.29) is 5.91 Å². The van der Waals surface area contributed by atoms with Gasteiger partial charge in [-0.2, -0.15) is 0 Å². The fourth-order valence-electron chi connectivity index (χ4n) is 2.83. The average Bonchev–Trinajstić information content (AvgIpc) is 3.30. The highest BCUT2D eigenvalue weighted by Crippen LogP contribution is 2.36. The van der Waals surface area contributed by atoms with E-state index in [0.717, 1.165) is 23.7 Å². The number of carbonyl (C=O) groups is 1. The molecule has 1 aromatic carbocycles. The first-order chi connectivity index (χ1) is 12.0. The fourth-order valence-corrected chi connectivity index (χ4v) is 3.57. The fraction of sp³-hybridized carbons (Fsp3) is 0.556. The molecule has 0 radical (unpaired) electrons. The van der Waals surface area contributed by atoms with Crippen LogP contribution in [0.4, 0.5) is 5.69 Å². The lowest BCUT2D eigenvalue weighted by atomic mass is 9.92. The molecule has 3 rings (SSSR count). The van der Waals surface area contributed by atoms with Gasteiger partial charge < -0.3 is 5.32 Å². The number of hydrogen-bond acceptors (Lipinski definition) is 5. The van der Waals surface area contributed by atoms with Gasteiger partial charge in [-0.1, -0.05) is 57.7 Å². The average molecular weight is 359 g/mol. The van der Waals surface area contributed by atoms with E-state index in [2.05, 4.69) is 66.7 Å². The number of amides is 1. The first kappa shape index (κ1) is 17.9. The number of tetrazole rings is 1. The number of anilines is 1. The summed E-state index contributed by atoms with van der Waals surface area (Å²) in [6.45, 7) is 8.59. The summed E-state index contributed by atoms with van der Waals surface area (Å²) < 4.78 is 1.83. The SMILES string of the molecule is CC(C)c1cccc(C(C)C)c1NC(=O)CSc1nnnn1C1CC1. The molecule has 0 saturated heterocycles. The Morgan fingerprint density at radius 1 is 1.24 bits per heavy atom. The summed E-state index contributed by atoms with van der Waals surface area (Å²) in [6.07, 6.45) is 2.23. The Morgan fingerprint density at radius 2 is 1.88 bits per heavy atom. The topological polar surface area (TPSA) is 72.7 Å². The van der Waals surface area contributed by atoms with Crippen LogP contribution in [0.25, 0.3) is 0 Å². The van der Waals surface area contributed by atoms with Crippen LogP contribution < -0.4 is 5.32 Å². The first-order valence-electron chi connectivity index (χ1n) is 8.80. The second kappa shape index (κ2) is 7.56. The Labute approximate surface area is 152 Å². The molecule has 1 amide bonds. The second-order valence-electron chi connectivity index (χ2n) is 7.09. The standard InChI is InChI=1S/C18H25N5OS/c1-11(2)14-6-5-7-15(12(3)4)17(14)19-16(24)10-25-18-20-21-22-23(18)13-8-9-13/h5-7,11-13H,8-10H2,1-4H3,(H,19,24). The van der Waals surface area contributed by atoms with Crippen LogP contribution in [0.15, 0.2) is 23.4 Å². The molecule has 1 N–H and O–H groups in total. The lowest BCUT2D eigenvalue weighted by molar-refractivity contribution is -0.113. The van der Waals surface area contributed by atoms with E-state index in [0.29, 0.717) is 23.6 Å². The zero-order valence-corrected chi connectivity index (χ0v) is 16.0. The van der Waals surface area contributed by atoms with Crippen LogP contribution in [0.1, 0.15) is 69.5 Å². The summed E-state index contributed by atoms with van der Waals surface area (Å²) in [6, 6.07) is 6.66. The van der Waals surface area contributed by atoms with Crippen molar-refractivity contribution in [1.82, 2.24) is 20.2 Å². The quantitative estimate of drug-likeness (QED) is 0.757. The third kappa shape index (κ3) is 4.21. The number of carbonyl (C=O) groups excluding carboxylic acids is 1. The van der Waals surface area contributed by atoms with E-state index in [1.165, 1.54) is 22.9 Å². The Hall–Kier alpha value is -1.89. The predicted octanol–water partition coefficient (Wildman–Crippen LogP) is 3.99. The Morgan fingerprint density at radius 3 is 2.44 bits per heavy atom. The molecule has 6 nitrogen and oxygen atoms in total.